The van der Waals surface area contributed by atoms with Crippen molar-refractivity contribution >= 4 is 11.6 Å². The Labute approximate surface area is 178 Å². The zero-order valence-electron chi connectivity index (χ0n) is 17.2. The Hall–Kier alpha value is -3.33. The molecule has 0 spiro atoms. The highest BCUT2D eigenvalue weighted by atomic mass is 19.4. The lowest BCUT2D eigenvalue weighted by molar-refractivity contribution is -0.137. The largest absolute Gasteiger partial charge is 0.416 e. The maximum Gasteiger partial charge on any atom is 0.416 e. The SMILES string of the molecule is COCCNC(=O)c1ccc(NCc2ccc(C(F)(F)F)cc2)c(-c2cn(C)cn2)c1. The van der Waals surface area contributed by atoms with Crippen molar-refractivity contribution in [2.45, 2.75) is 12.7 Å². The molecular formula is C22H23F3N4O2. The molecule has 0 radical (unpaired) electrons. The summed E-state index contributed by atoms with van der Waals surface area (Å²) in [6.07, 6.45) is -0.886. The van der Waals surface area contributed by atoms with Crippen molar-refractivity contribution in [3.63, 3.8) is 0 Å². The minimum atomic E-state index is -4.36. The maximum atomic E-state index is 12.7. The maximum absolute atomic E-state index is 12.7. The number of nitrogens with zero attached hydrogens (tertiary/aromatic N) is 2. The van der Waals surface area contributed by atoms with Crippen LogP contribution in [0.25, 0.3) is 11.3 Å². The summed E-state index contributed by atoms with van der Waals surface area (Å²) in [5, 5.41) is 6.01. The minimum absolute atomic E-state index is 0.233. The molecule has 0 saturated heterocycles. The van der Waals surface area contributed by atoms with Gasteiger partial charge in [-0.05, 0) is 35.9 Å². The van der Waals surface area contributed by atoms with E-state index in [1.165, 1.54) is 12.1 Å². The van der Waals surface area contributed by atoms with Crippen LogP contribution in [0.5, 0.6) is 0 Å². The van der Waals surface area contributed by atoms with Crippen molar-refractivity contribution < 1.29 is 22.7 Å². The topological polar surface area (TPSA) is 68.2 Å². The molecule has 0 aliphatic carbocycles. The average Bonchev–Trinajstić information content (AvgIpc) is 3.18. The van der Waals surface area contributed by atoms with Crippen LogP contribution in [0, 0.1) is 0 Å². The molecule has 0 saturated carbocycles. The molecule has 1 amide bonds. The first-order chi connectivity index (χ1) is 14.8. The fourth-order valence-electron chi connectivity index (χ4n) is 2.98. The number of anilines is 1. The summed E-state index contributed by atoms with van der Waals surface area (Å²) in [7, 11) is 3.40. The van der Waals surface area contributed by atoms with Crippen LogP contribution in [-0.2, 0) is 24.5 Å². The molecule has 0 aliphatic heterocycles. The van der Waals surface area contributed by atoms with Gasteiger partial charge in [-0.3, -0.25) is 4.79 Å². The second-order valence-corrected chi connectivity index (χ2v) is 6.98. The molecule has 1 aromatic heterocycles. The van der Waals surface area contributed by atoms with E-state index in [-0.39, 0.29) is 5.91 Å². The predicted octanol–water partition coefficient (Wildman–Crippen LogP) is 4.09. The van der Waals surface area contributed by atoms with E-state index in [4.69, 9.17) is 4.74 Å². The lowest BCUT2D eigenvalue weighted by Gasteiger charge is -2.14. The molecule has 0 unspecified atom stereocenters. The van der Waals surface area contributed by atoms with Crippen LogP contribution in [0.2, 0.25) is 0 Å². The second-order valence-electron chi connectivity index (χ2n) is 6.98. The Morgan fingerprint density at radius 2 is 1.90 bits per heavy atom. The summed E-state index contributed by atoms with van der Waals surface area (Å²) in [5.74, 6) is -0.233. The summed E-state index contributed by atoms with van der Waals surface area (Å²) in [6.45, 7) is 1.12. The van der Waals surface area contributed by atoms with Gasteiger partial charge in [-0.1, -0.05) is 12.1 Å². The molecule has 3 aromatic rings. The van der Waals surface area contributed by atoms with Crippen molar-refractivity contribution in [2.24, 2.45) is 7.05 Å². The second kappa shape index (κ2) is 9.65. The smallest absolute Gasteiger partial charge is 0.383 e. The van der Waals surface area contributed by atoms with Crippen molar-refractivity contribution in [1.82, 2.24) is 14.9 Å². The molecular weight excluding hydrogens is 409 g/mol. The van der Waals surface area contributed by atoms with Crippen LogP contribution in [0.15, 0.2) is 55.0 Å². The van der Waals surface area contributed by atoms with Gasteiger partial charge in [0.05, 0.1) is 24.2 Å². The van der Waals surface area contributed by atoms with Gasteiger partial charge in [-0.15, -0.1) is 0 Å². The molecule has 31 heavy (non-hydrogen) atoms. The fourth-order valence-corrected chi connectivity index (χ4v) is 2.98. The minimum Gasteiger partial charge on any atom is -0.383 e. The van der Waals surface area contributed by atoms with Crippen LogP contribution in [0.3, 0.4) is 0 Å². The number of hydrogen-bond acceptors (Lipinski definition) is 4. The quantitative estimate of drug-likeness (QED) is 0.526. The third kappa shape index (κ3) is 5.85. The number of amides is 1. The van der Waals surface area contributed by atoms with Crippen molar-refractivity contribution in [3.8, 4) is 11.3 Å². The molecule has 1 heterocycles. The number of ether oxygens (including phenoxy) is 1. The van der Waals surface area contributed by atoms with Gasteiger partial charge >= 0.3 is 6.18 Å². The van der Waals surface area contributed by atoms with Crippen LogP contribution in [0.1, 0.15) is 21.5 Å². The molecule has 0 fully saturated rings. The van der Waals surface area contributed by atoms with Crippen molar-refractivity contribution in [2.75, 3.05) is 25.6 Å². The summed E-state index contributed by atoms with van der Waals surface area (Å²) < 4.78 is 45.0. The number of aryl methyl sites for hydroxylation is 1. The van der Waals surface area contributed by atoms with Crippen LogP contribution >= 0.6 is 0 Å². The number of nitrogens with one attached hydrogen (secondary N) is 2. The van der Waals surface area contributed by atoms with Crippen LogP contribution in [0.4, 0.5) is 18.9 Å². The van der Waals surface area contributed by atoms with E-state index in [1.54, 1.807) is 36.2 Å². The normalized spacial score (nSPS) is 11.4. The third-order valence-electron chi connectivity index (χ3n) is 4.62. The number of hydrogen-bond donors (Lipinski definition) is 2. The van der Waals surface area contributed by atoms with E-state index in [0.29, 0.717) is 47.8 Å². The highest BCUT2D eigenvalue weighted by molar-refractivity contribution is 5.96. The third-order valence-corrected chi connectivity index (χ3v) is 4.62. The summed E-state index contributed by atoms with van der Waals surface area (Å²) in [4.78, 5) is 16.8. The van der Waals surface area contributed by atoms with E-state index >= 15 is 0 Å². The number of benzene rings is 2. The van der Waals surface area contributed by atoms with Gasteiger partial charge in [0.2, 0.25) is 0 Å². The van der Waals surface area contributed by atoms with E-state index in [1.807, 2.05) is 13.2 Å². The van der Waals surface area contributed by atoms with Gasteiger partial charge in [-0.2, -0.15) is 13.2 Å². The summed E-state index contributed by atoms with van der Waals surface area (Å²) in [6, 6.07) is 10.2. The molecule has 6 nitrogen and oxygen atoms in total. The van der Waals surface area contributed by atoms with Gasteiger partial charge in [0.15, 0.2) is 0 Å². The number of aromatic nitrogens is 2. The van der Waals surface area contributed by atoms with Crippen molar-refractivity contribution in [1.29, 1.82) is 0 Å². The number of halogens is 3. The Bertz CT molecular complexity index is 1030. The Morgan fingerprint density at radius 3 is 2.52 bits per heavy atom. The molecule has 0 aliphatic rings. The molecule has 164 valence electrons. The van der Waals surface area contributed by atoms with E-state index in [0.717, 1.165) is 12.1 Å². The molecule has 9 heteroatoms. The number of imidazole rings is 1. The highest BCUT2D eigenvalue weighted by Gasteiger charge is 2.29. The monoisotopic (exact) mass is 432 g/mol. The lowest BCUT2D eigenvalue weighted by Crippen LogP contribution is -2.26. The number of carbonyl (C=O) groups is 1. The van der Waals surface area contributed by atoms with E-state index in [9.17, 15) is 18.0 Å². The highest BCUT2D eigenvalue weighted by Crippen LogP contribution is 2.30. The molecule has 0 bridgehead atoms. The Balaban J connectivity index is 1.81. The van der Waals surface area contributed by atoms with E-state index < -0.39 is 11.7 Å². The number of carbonyl (C=O) groups excluding carboxylic acids is 1. The van der Waals surface area contributed by atoms with Gasteiger partial charge < -0.3 is 19.9 Å². The predicted molar refractivity (Wildman–Crippen MR) is 112 cm³/mol. The standard InChI is InChI=1S/C22H23F3N4O2/c1-29-13-20(28-14-29)18-11-16(21(30)26-9-10-31-2)5-8-19(18)27-12-15-3-6-17(7-4-15)22(23,24)25/h3-8,11,13-14,27H,9-10,12H2,1-2H3,(H,26,30). The molecule has 2 N–H and O–H groups in total. The summed E-state index contributed by atoms with van der Waals surface area (Å²) in [5.41, 5.74) is 2.58. The first-order valence-electron chi connectivity index (χ1n) is 9.57. The van der Waals surface area contributed by atoms with Crippen molar-refractivity contribution in [3.05, 3.63) is 71.7 Å². The van der Waals surface area contributed by atoms with Crippen LogP contribution < -0.4 is 10.6 Å². The number of methoxy groups -OCH3 is 1. The van der Waals surface area contributed by atoms with Gasteiger partial charge in [0.1, 0.15) is 0 Å². The lowest BCUT2D eigenvalue weighted by atomic mass is 10.0. The Morgan fingerprint density at radius 1 is 1.16 bits per heavy atom. The van der Waals surface area contributed by atoms with Gasteiger partial charge in [-0.25, -0.2) is 4.98 Å². The first kappa shape index (κ1) is 22.4. The zero-order chi connectivity index (χ0) is 22.4. The van der Waals surface area contributed by atoms with Crippen LogP contribution in [-0.4, -0.2) is 35.7 Å². The van der Waals surface area contributed by atoms with Gasteiger partial charge in [0, 0.05) is 50.3 Å². The molecule has 0 atom stereocenters. The van der Waals surface area contributed by atoms with Gasteiger partial charge in [0.25, 0.3) is 5.91 Å². The zero-order valence-corrected chi connectivity index (χ0v) is 17.2. The first-order valence-corrected chi connectivity index (χ1v) is 9.57. The summed E-state index contributed by atoms with van der Waals surface area (Å²) >= 11 is 0. The number of alkyl halides is 3. The fraction of sp³-hybridized carbons (Fsp3) is 0.273. The molecule has 3 rings (SSSR count). The average molecular weight is 432 g/mol. The Kier molecular flexibility index (Phi) is 6.96. The number of rotatable bonds is 8. The van der Waals surface area contributed by atoms with E-state index in [2.05, 4.69) is 15.6 Å². The molecule has 2 aromatic carbocycles.